The molecule has 3 rings (SSSR count). The lowest BCUT2D eigenvalue weighted by Gasteiger charge is -2.07. The van der Waals surface area contributed by atoms with Gasteiger partial charge in [0.05, 0.1) is 5.39 Å². The molecule has 3 aromatic rings. The summed E-state index contributed by atoms with van der Waals surface area (Å²) in [5, 5.41) is 8.63. The van der Waals surface area contributed by atoms with E-state index in [1.165, 1.54) is 11.1 Å². The van der Waals surface area contributed by atoms with Gasteiger partial charge in [-0.2, -0.15) is 5.10 Å². The minimum atomic E-state index is 0.764. The van der Waals surface area contributed by atoms with Gasteiger partial charge < -0.3 is 5.32 Å². The number of benzene rings is 1. The fourth-order valence-corrected chi connectivity index (χ4v) is 3.04. The summed E-state index contributed by atoms with van der Waals surface area (Å²) in [6, 6.07) is 8.76. The Morgan fingerprint density at radius 2 is 1.86 bits per heavy atom. The van der Waals surface area contributed by atoms with Gasteiger partial charge in [0.2, 0.25) is 0 Å². The van der Waals surface area contributed by atoms with Crippen molar-refractivity contribution in [2.45, 2.75) is 19.8 Å². The average Bonchev–Trinajstić information content (AvgIpc) is 2.84. The molecule has 22 heavy (non-hydrogen) atoms. The third-order valence-corrected chi connectivity index (χ3v) is 4.27. The van der Waals surface area contributed by atoms with Crippen LogP contribution in [0.25, 0.3) is 11.0 Å². The van der Waals surface area contributed by atoms with Crippen LogP contribution in [0, 0.1) is 0 Å². The lowest BCUT2D eigenvalue weighted by atomic mass is 10.1. The van der Waals surface area contributed by atoms with Crippen molar-refractivity contribution in [3.8, 4) is 0 Å². The Kier molecular flexibility index (Phi) is 4.38. The summed E-state index contributed by atoms with van der Waals surface area (Å²) in [6.07, 6.45) is 3.59. The van der Waals surface area contributed by atoms with Gasteiger partial charge in [0, 0.05) is 13.6 Å². The van der Waals surface area contributed by atoms with E-state index in [1.54, 1.807) is 11.0 Å². The van der Waals surface area contributed by atoms with Crippen molar-refractivity contribution in [3.63, 3.8) is 0 Å². The highest BCUT2D eigenvalue weighted by atomic mass is 79.9. The zero-order chi connectivity index (χ0) is 15.5. The molecule has 0 saturated heterocycles. The number of nitrogens with one attached hydrogen (secondary N) is 1. The van der Waals surface area contributed by atoms with Crippen LogP contribution in [0.1, 0.15) is 18.1 Å². The predicted octanol–water partition coefficient (Wildman–Crippen LogP) is 3.34. The van der Waals surface area contributed by atoms with E-state index < -0.39 is 0 Å². The summed E-state index contributed by atoms with van der Waals surface area (Å²) in [7, 11) is 1.87. The number of halogens is 1. The highest BCUT2D eigenvalue weighted by molar-refractivity contribution is 9.10. The molecule has 0 aliphatic rings. The number of nitrogens with zero attached hydrogens (tertiary/aromatic N) is 4. The standard InChI is InChI=1S/C16H18BrN5/c1-3-11-4-6-12(7-5-11)8-9-18-15-13-14(17)21-22(2)16(13)20-10-19-15/h4-7,10H,3,8-9H2,1-2H3,(H,18,19,20). The average molecular weight is 360 g/mol. The zero-order valence-electron chi connectivity index (χ0n) is 12.7. The van der Waals surface area contributed by atoms with Crippen molar-refractivity contribution in [2.75, 3.05) is 11.9 Å². The van der Waals surface area contributed by atoms with Gasteiger partial charge >= 0.3 is 0 Å². The minimum Gasteiger partial charge on any atom is -0.369 e. The molecule has 0 amide bonds. The van der Waals surface area contributed by atoms with E-state index in [9.17, 15) is 0 Å². The van der Waals surface area contributed by atoms with Crippen LogP contribution in [-0.4, -0.2) is 26.3 Å². The number of aryl methyl sites for hydroxylation is 2. The summed E-state index contributed by atoms with van der Waals surface area (Å²) in [4.78, 5) is 8.60. The largest absolute Gasteiger partial charge is 0.369 e. The molecule has 0 bridgehead atoms. The van der Waals surface area contributed by atoms with E-state index in [0.29, 0.717) is 0 Å². The first kappa shape index (κ1) is 15.0. The molecule has 0 atom stereocenters. The Balaban J connectivity index is 1.71. The Hall–Kier alpha value is -1.95. The number of anilines is 1. The first-order valence-corrected chi connectivity index (χ1v) is 8.13. The van der Waals surface area contributed by atoms with Crippen molar-refractivity contribution in [2.24, 2.45) is 7.05 Å². The third-order valence-electron chi connectivity index (χ3n) is 3.72. The number of rotatable bonds is 5. The summed E-state index contributed by atoms with van der Waals surface area (Å²) < 4.78 is 2.51. The third kappa shape index (κ3) is 2.97. The van der Waals surface area contributed by atoms with Crippen molar-refractivity contribution in [1.29, 1.82) is 0 Å². The van der Waals surface area contributed by atoms with Gasteiger partial charge in [-0.3, -0.25) is 0 Å². The molecular weight excluding hydrogens is 342 g/mol. The van der Waals surface area contributed by atoms with Gasteiger partial charge in [0.25, 0.3) is 0 Å². The summed E-state index contributed by atoms with van der Waals surface area (Å²) in [6.45, 7) is 2.99. The number of hydrogen-bond donors (Lipinski definition) is 1. The van der Waals surface area contributed by atoms with E-state index in [4.69, 9.17) is 0 Å². The topological polar surface area (TPSA) is 55.6 Å². The van der Waals surface area contributed by atoms with Gasteiger partial charge in [-0.1, -0.05) is 31.2 Å². The second kappa shape index (κ2) is 6.44. The van der Waals surface area contributed by atoms with Crippen LogP contribution in [0.15, 0.2) is 35.2 Å². The molecule has 0 spiro atoms. The van der Waals surface area contributed by atoms with Crippen molar-refractivity contribution in [1.82, 2.24) is 19.7 Å². The highest BCUT2D eigenvalue weighted by Gasteiger charge is 2.12. The van der Waals surface area contributed by atoms with Crippen LogP contribution < -0.4 is 5.32 Å². The lowest BCUT2D eigenvalue weighted by Crippen LogP contribution is -2.07. The molecule has 0 radical (unpaired) electrons. The predicted molar refractivity (Wildman–Crippen MR) is 92.0 cm³/mol. The summed E-state index contributed by atoms with van der Waals surface area (Å²) >= 11 is 3.47. The zero-order valence-corrected chi connectivity index (χ0v) is 14.3. The molecule has 0 unspecified atom stereocenters. The van der Waals surface area contributed by atoms with Crippen LogP contribution in [0.5, 0.6) is 0 Å². The second-order valence-corrected chi connectivity index (χ2v) is 5.93. The Bertz CT molecular complexity index is 779. The van der Waals surface area contributed by atoms with E-state index >= 15 is 0 Å². The van der Waals surface area contributed by atoms with Crippen molar-refractivity contribution < 1.29 is 0 Å². The Morgan fingerprint density at radius 3 is 2.59 bits per heavy atom. The van der Waals surface area contributed by atoms with Crippen LogP contribution >= 0.6 is 15.9 Å². The molecule has 0 aliphatic heterocycles. The minimum absolute atomic E-state index is 0.764. The van der Waals surface area contributed by atoms with Gasteiger partial charge in [0.1, 0.15) is 16.7 Å². The number of hydrogen-bond acceptors (Lipinski definition) is 4. The molecule has 6 heteroatoms. The summed E-state index contributed by atoms with van der Waals surface area (Å²) in [5.74, 6) is 0.815. The maximum atomic E-state index is 4.33. The highest BCUT2D eigenvalue weighted by Crippen LogP contribution is 2.26. The second-order valence-electron chi connectivity index (χ2n) is 5.18. The molecule has 0 saturated carbocycles. The number of fused-ring (bicyclic) bond motifs is 1. The van der Waals surface area contributed by atoms with Gasteiger partial charge in [-0.25, -0.2) is 14.6 Å². The quantitative estimate of drug-likeness (QED) is 0.758. The molecule has 5 nitrogen and oxygen atoms in total. The Morgan fingerprint density at radius 1 is 1.14 bits per heavy atom. The maximum absolute atomic E-state index is 4.33. The molecule has 1 N–H and O–H groups in total. The van der Waals surface area contributed by atoms with Crippen LogP contribution in [-0.2, 0) is 19.9 Å². The van der Waals surface area contributed by atoms with E-state index in [-0.39, 0.29) is 0 Å². The first-order valence-electron chi connectivity index (χ1n) is 7.34. The first-order chi connectivity index (χ1) is 10.7. The lowest BCUT2D eigenvalue weighted by molar-refractivity contribution is 0.777. The normalized spacial score (nSPS) is 11.0. The Labute approximate surface area is 137 Å². The SMILES string of the molecule is CCc1ccc(CCNc2ncnc3c2c(Br)nn3C)cc1. The monoisotopic (exact) mass is 359 g/mol. The molecule has 0 aliphatic carbocycles. The maximum Gasteiger partial charge on any atom is 0.164 e. The fraction of sp³-hybridized carbons (Fsp3) is 0.312. The van der Waals surface area contributed by atoms with Crippen molar-refractivity contribution in [3.05, 3.63) is 46.3 Å². The van der Waals surface area contributed by atoms with E-state index in [0.717, 1.165) is 40.8 Å². The van der Waals surface area contributed by atoms with Crippen molar-refractivity contribution >= 4 is 32.8 Å². The summed E-state index contributed by atoms with van der Waals surface area (Å²) in [5.41, 5.74) is 3.51. The van der Waals surface area contributed by atoms with Gasteiger partial charge in [-0.15, -0.1) is 0 Å². The van der Waals surface area contributed by atoms with Gasteiger partial charge in [-0.05, 0) is 39.9 Å². The van der Waals surface area contributed by atoms with Gasteiger partial charge in [0.15, 0.2) is 5.65 Å². The van der Waals surface area contributed by atoms with E-state index in [2.05, 4.69) is 67.5 Å². The van der Waals surface area contributed by atoms with Crippen LogP contribution in [0.3, 0.4) is 0 Å². The van der Waals surface area contributed by atoms with E-state index in [1.807, 2.05) is 7.05 Å². The molecule has 1 aromatic carbocycles. The molecule has 2 heterocycles. The van der Waals surface area contributed by atoms with Crippen LogP contribution in [0.2, 0.25) is 0 Å². The fourth-order valence-electron chi connectivity index (χ4n) is 2.44. The number of aromatic nitrogens is 4. The molecule has 2 aromatic heterocycles. The molecular formula is C16H18BrN5. The molecule has 114 valence electrons. The van der Waals surface area contributed by atoms with Crippen LogP contribution in [0.4, 0.5) is 5.82 Å². The molecule has 0 fully saturated rings. The smallest absolute Gasteiger partial charge is 0.164 e.